The standard InChI is InChI=1S/C18H17NO3S/c20-17-12-16(13-6-2-1-3-7-13)23-15-9-5-4-8-14(15)19(17)11-10-18(21)22/h1-9,16H,10-12H2,(H,21,22). The zero-order valence-corrected chi connectivity index (χ0v) is 13.3. The molecule has 0 spiro atoms. The molecule has 5 heteroatoms. The Kier molecular flexibility index (Phi) is 4.67. The Morgan fingerprint density at radius 3 is 2.57 bits per heavy atom. The number of carboxylic acid groups (broad SMARTS) is 1. The van der Waals surface area contributed by atoms with Crippen LogP contribution in [0.1, 0.15) is 23.7 Å². The topological polar surface area (TPSA) is 57.6 Å². The third-order valence-corrected chi connectivity index (χ3v) is 5.13. The van der Waals surface area contributed by atoms with Gasteiger partial charge in [-0.25, -0.2) is 0 Å². The van der Waals surface area contributed by atoms with Crippen LogP contribution in [0, 0.1) is 0 Å². The first kappa shape index (κ1) is 15.6. The number of benzene rings is 2. The van der Waals surface area contributed by atoms with Gasteiger partial charge in [0.25, 0.3) is 0 Å². The second-order valence-corrected chi connectivity index (χ2v) is 6.62. The molecular weight excluding hydrogens is 310 g/mol. The summed E-state index contributed by atoms with van der Waals surface area (Å²) in [5, 5.41) is 8.98. The molecule has 0 saturated carbocycles. The molecule has 2 aromatic carbocycles. The van der Waals surface area contributed by atoms with Crippen molar-refractivity contribution >= 4 is 29.3 Å². The van der Waals surface area contributed by atoms with Crippen molar-refractivity contribution in [3.63, 3.8) is 0 Å². The second-order valence-electron chi connectivity index (χ2n) is 5.38. The summed E-state index contributed by atoms with van der Waals surface area (Å²) in [6, 6.07) is 17.7. The molecule has 1 atom stereocenters. The molecule has 1 amide bonds. The first-order valence-corrected chi connectivity index (χ1v) is 8.36. The predicted molar refractivity (Wildman–Crippen MR) is 90.7 cm³/mol. The van der Waals surface area contributed by atoms with Crippen molar-refractivity contribution in [2.75, 3.05) is 11.4 Å². The number of fused-ring (bicyclic) bond motifs is 1. The molecule has 0 fully saturated rings. The van der Waals surface area contributed by atoms with Crippen LogP contribution in [0.25, 0.3) is 0 Å². The van der Waals surface area contributed by atoms with Crippen LogP contribution >= 0.6 is 11.8 Å². The average Bonchev–Trinajstić information content (AvgIpc) is 2.70. The van der Waals surface area contributed by atoms with Crippen molar-refractivity contribution in [3.8, 4) is 0 Å². The van der Waals surface area contributed by atoms with Crippen molar-refractivity contribution in [1.82, 2.24) is 0 Å². The fraction of sp³-hybridized carbons (Fsp3) is 0.222. The summed E-state index contributed by atoms with van der Waals surface area (Å²) < 4.78 is 0. The lowest BCUT2D eigenvalue weighted by molar-refractivity contribution is -0.136. The Hall–Kier alpha value is -2.27. The number of anilines is 1. The van der Waals surface area contributed by atoms with Gasteiger partial charge in [0, 0.05) is 23.1 Å². The van der Waals surface area contributed by atoms with E-state index in [1.807, 2.05) is 54.6 Å². The van der Waals surface area contributed by atoms with Gasteiger partial charge in [-0.05, 0) is 17.7 Å². The van der Waals surface area contributed by atoms with Gasteiger partial charge in [0.05, 0.1) is 12.1 Å². The van der Waals surface area contributed by atoms with Gasteiger partial charge in [0.2, 0.25) is 5.91 Å². The van der Waals surface area contributed by atoms with E-state index in [0.717, 1.165) is 16.1 Å². The smallest absolute Gasteiger partial charge is 0.305 e. The number of carbonyl (C=O) groups excluding carboxylic acids is 1. The van der Waals surface area contributed by atoms with Crippen LogP contribution in [0.2, 0.25) is 0 Å². The monoisotopic (exact) mass is 327 g/mol. The number of nitrogens with zero attached hydrogens (tertiary/aromatic N) is 1. The lowest BCUT2D eigenvalue weighted by Gasteiger charge is -2.21. The maximum absolute atomic E-state index is 12.7. The number of carboxylic acids is 1. The number of thioether (sulfide) groups is 1. The summed E-state index contributed by atoms with van der Waals surface area (Å²) >= 11 is 1.66. The summed E-state index contributed by atoms with van der Waals surface area (Å²) in [4.78, 5) is 26.2. The van der Waals surface area contributed by atoms with E-state index in [9.17, 15) is 9.59 Å². The normalized spacial score (nSPS) is 17.5. The Morgan fingerprint density at radius 2 is 1.83 bits per heavy atom. The zero-order chi connectivity index (χ0) is 16.2. The molecule has 1 aliphatic heterocycles. The molecule has 0 bridgehead atoms. The number of carbonyl (C=O) groups is 2. The van der Waals surface area contributed by atoms with E-state index in [0.29, 0.717) is 6.42 Å². The predicted octanol–water partition coefficient (Wildman–Crippen LogP) is 3.73. The summed E-state index contributed by atoms with van der Waals surface area (Å²) in [5.74, 6) is -0.927. The average molecular weight is 327 g/mol. The lowest BCUT2D eigenvalue weighted by atomic mass is 10.1. The van der Waals surface area contributed by atoms with Gasteiger partial charge in [0.15, 0.2) is 0 Å². The molecule has 3 rings (SSSR count). The highest BCUT2D eigenvalue weighted by Gasteiger charge is 2.29. The number of aliphatic carboxylic acids is 1. The van der Waals surface area contributed by atoms with Crippen molar-refractivity contribution < 1.29 is 14.7 Å². The number of hydrogen-bond acceptors (Lipinski definition) is 3. The van der Waals surface area contributed by atoms with Crippen molar-refractivity contribution in [2.45, 2.75) is 23.0 Å². The van der Waals surface area contributed by atoms with Crippen LogP contribution in [0.5, 0.6) is 0 Å². The summed E-state index contributed by atoms with van der Waals surface area (Å²) in [7, 11) is 0. The lowest BCUT2D eigenvalue weighted by Crippen LogP contribution is -2.32. The van der Waals surface area contributed by atoms with Gasteiger partial charge in [0.1, 0.15) is 0 Å². The molecule has 1 aliphatic rings. The van der Waals surface area contributed by atoms with Crippen molar-refractivity contribution in [1.29, 1.82) is 0 Å². The molecule has 118 valence electrons. The van der Waals surface area contributed by atoms with Crippen LogP contribution in [0.4, 0.5) is 5.69 Å². The van der Waals surface area contributed by atoms with Gasteiger partial charge in [-0.3, -0.25) is 9.59 Å². The van der Waals surface area contributed by atoms with Gasteiger partial charge in [-0.2, -0.15) is 0 Å². The fourth-order valence-corrected chi connectivity index (χ4v) is 3.97. The summed E-state index contributed by atoms with van der Waals surface area (Å²) in [5.41, 5.74) is 1.92. The van der Waals surface area contributed by atoms with Crippen LogP contribution < -0.4 is 4.90 Å². The maximum Gasteiger partial charge on any atom is 0.305 e. The van der Waals surface area contributed by atoms with Gasteiger partial charge >= 0.3 is 5.97 Å². The molecule has 0 aliphatic carbocycles. The fourth-order valence-electron chi connectivity index (χ4n) is 2.68. The molecule has 23 heavy (non-hydrogen) atoms. The number of amides is 1. The number of para-hydroxylation sites is 1. The van der Waals surface area contributed by atoms with E-state index in [1.165, 1.54) is 0 Å². The Labute approximate surface area is 139 Å². The molecule has 0 aromatic heterocycles. The Balaban J connectivity index is 1.94. The molecule has 0 saturated heterocycles. The maximum atomic E-state index is 12.7. The first-order chi connectivity index (χ1) is 11.1. The number of rotatable bonds is 4. The van der Waals surface area contributed by atoms with Gasteiger partial charge in [-0.15, -0.1) is 11.8 Å². The third-order valence-electron chi connectivity index (χ3n) is 3.81. The highest BCUT2D eigenvalue weighted by Crippen LogP contribution is 2.45. The van der Waals surface area contributed by atoms with Crippen LogP contribution in [0.15, 0.2) is 59.5 Å². The minimum Gasteiger partial charge on any atom is -0.481 e. The minimum atomic E-state index is -0.896. The van der Waals surface area contributed by atoms with E-state index in [2.05, 4.69) is 0 Å². The van der Waals surface area contributed by atoms with E-state index in [4.69, 9.17) is 5.11 Å². The summed E-state index contributed by atoms with van der Waals surface area (Å²) in [6.45, 7) is 0.202. The first-order valence-electron chi connectivity index (χ1n) is 7.48. The van der Waals surface area contributed by atoms with E-state index >= 15 is 0 Å². The summed E-state index contributed by atoms with van der Waals surface area (Å²) in [6.07, 6.45) is 0.309. The molecule has 1 heterocycles. The highest BCUT2D eigenvalue weighted by atomic mass is 32.2. The van der Waals surface area contributed by atoms with E-state index < -0.39 is 5.97 Å². The van der Waals surface area contributed by atoms with Gasteiger partial charge < -0.3 is 10.0 Å². The molecule has 0 radical (unpaired) electrons. The SMILES string of the molecule is O=C(O)CCN1C(=O)CC(c2ccccc2)Sc2ccccc21. The molecule has 1 N–H and O–H groups in total. The molecule has 4 nitrogen and oxygen atoms in total. The molecule has 2 aromatic rings. The van der Waals surface area contributed by atoms with Crippen LogP contribution in [0.3, 0.4) is 0 Å². The molecule has 1 unspecified atom stereocenters. The Bertz CT molecular complexity index is 717. The third kappa shape index (κ3) is 3.56. The number of hydrogen-bond donors (Lipinski definition) is 1. The molecular formula is C18H17NO3S. The van der Waals surface area contributed by atoms with Crippen molar-refractivity contribution in [3.05, 3.63) is 60.2 Å². The van der Waals surface area contributed by atoms with Crippen molar-refractivity contribution in [2.24, 2.45) is 0 Å². The van der Waals surface area contributed by atoms with E-state index in [1.54, 1.807) is 16.7 Å². The Morgan fingerprint density at radius 1 is 1.13 bits per heavy atom. The second kappa shape index (κ2) is 6.87. The quantitative estimate of drug-likeness (QED) is 0.929. The zero-order valence-electron chi connectivity index (χ0n) is 12.5. The van der Waals surface area contributed by atoms with Crippen LogP contribution in [-0.4, -0.2) is 23.5 Å². The van der Waals surface area contributed by atoms with Gasteiger partial charge in [-0.1, -0.05) is 42.5 Å². The van der Waals surface area contributed by atoms with Crippen LogP contribution in [-0.2, 0) is 9.59 Å². The van der Waals surface area contributed by atoms with E-state index in [-0.39, 0.29) is 24.1 Å². The minimum absolute atomic E-state index is 0.0300. The largest absolute Gasteiger partial charge is 0.481 e. The highest BCUT2D eigenvalue weighted by molar-refractivity contribution is 7.99.